The molecule has 0 fully saturated rings. The van der Waals surface area contributed by atoms with E-state index in [-0.39, 0.29) is 0 Å². The summed E-state index contributed by atoms with van der Waals surface area (Å²) in [5.41, 5.74) is 9.09. The maximum Gasteiger partial charge on any atom is 0.0366 e. The summed E-state index contributed by atoms with van der Waals surface area (Å²) >= 11 is -2.19. The number of benzene rings is 1. The largest absolute Gasteiger partial charge is 0.760 e. The number of anilines is 1. The van der Waals surface area contributed by atoms with Gasteiger partial charge in [-0.15, -0.1) is 0 Å². The zero-order chi connectivity index (χ0) is 13.5. The van der Waals surface area contributed by atoms with E-state index < -0.39 is 11.3 Å². The van der Waals surface area contributed by atoms with Crippen LogP contribution in [0.15, 0.2) is 18.2 Å². The van der Waals surface area contributed by atoms with Gasteiger partial charge in [-0.05, 0) is 43.1 Å². The highest BCUT2D eigenvalue weighted by Gasteiger charge is 2.03. The number of nitrogens with two attached hydrogens (primary N) is 1. The zero-order valence-corrected chi connectivity index (χ0v) is 11.6. The monoisotopic (exact) mass is 270 g/mol. The minimum absolute atomic E-state index is 0.399. The molecule has 1 aromatic rings. The van der Waals surface area contributed by atoms with Crippen LogP contribution in [-0.2, 0) is 17.7 Å². The lowest BCUT2D eigenvalue weighted by molar-refractivity contribution is 0.523. The smallest absolute Gasteiger partial charge is 0.0366 e. The van der Waals surface area contributed by atoms with Crippen molar-refractivity contribution in [3.8, 4) is 0 Å². The molecule has 0 aliphatic rings. The Labute approximate surface area is 111 Å². The maximum absolute atomic E-state index is 10.3. The molecule has 1 rings (SSSR count). The predicted molar refractivity (Wildman–Crippen MR) is 74.1 cm³/mol. The van der Waals surface area contributed by atoms with Gasteiger partial charge >= 0.3 is 0 Å². The molecule has 0 heterocycles. The Bertz CT molecular complexity index is 412. The van der Waals surface area contributed by atoms with E-state index in [2.05, 4.69) is 23.8 Å². The quantitative estimate of drug-likeness (QED) is 0.699. The van der Waals surface area contributed by atoms with Gasteiger partial charge in [-0.3, -0.25) is 4.21 Å². The topological polar surface area (TPSA) is 81.4 Å². The lowest BCUT2D eigenvalue weighted by Gasteiger charge is -2.21. The maximum atomic E-state index is 10.3. The molecule has 18 heavy (non-hydrogen) atoms. The lowest BCUT2D eigenvalue weighted by atomic mass is 10.0. The predicted octanol–water partition coefficient (Wildman–Crippen LogP) is 0.316. The normalized spacial score (nSPS) is 12.4. The molecule has 0 amide bonds. The van der Waals surface area contributed by atoms with Crippen molar-refractivity contribution in [3.05, 3.63) is 29.3 Å². The molecule has 0 aliphatic carbocycles. The highest BCUT2D eigenvalue weighted by atomic mass is 32.2. The molecular formula is C12H20N3O2S-. The van der Waals surface area contributed by atoms with Gasteiger partial charge in [-0.1, -0.05) is 6.07 Å². The Morgan fingerprint density at radius 1 is 1.50 bits per heavy atom. The summed E-state index contributed by atoms with van der Waals surface area (Å²) in [6.07, 6.45) is 0.881. The van der Waals surface area contributed by atoms with Gasteiger partial charge < -0.3 is 15.2 Å². The van der Waals surface area contributed by atoms with Gasteiger partial charge in [-0.25, -0.2) is 4.72 Å². The molecular weight excluding hydrogens is 250 g/mol. The molecule has 5 nitrogen and oxygen atoms in total. The molecule has 0 bridgehead atoms. The third kappa shape index (κ3) is 4.73. The highest BCUT2D eigenvalue weighted by Crippen LogP contribution is 2.18. The number of hydrogen-bond acceptors (Lipinski definition) is 4. The van der Waals surface area contributed by atoms with Crippen LogP contribution in [0.3, 0.4) is 0 Å². The van der Waals surface area contributed by atoms with Crippen molar-refractivity contribution in [1.29, 1.82) is 0 Å². The fourth-order valence-corrected chi connectivity index (χ4v) is 2.04. The highest BCUT2D eigenvalue weighted by molar-refractivity contribution is 7.77. The summed E-state index contributed by atoms with van der Waals surface area (Å²) < 4.78 is 23.0. The van der Waals surface area contributed by atoms with Gasteiger partial charge in [0, 0.05) is 37.1 Å². The van der Waals surface area contributed by atoms with Crippen LogP contribution >= 0.6 is 0 Å². The molecule has 0 radical (unpaired) electrons. The van der Waals surface area contributed by atoms with Gasteiger partial charge in [-0.2, -0.15) is 0 Å². The Morgan fingerprint density at radius 2 is 2.22 bits per heavy atom. The number of aryl methyl sites for hydroxylation is 1. The molecule has 0 saturated heterocycles. The van der Waals surface area contributed by atoms with Gasteiger partial charge in [0.15, 0.2) is 0 Å². The summed E-state index contributed by atoms with van der Waals surface area (Å²) in [4.78, 5) is 2.01. The van der Waals surface area contributed by atoms with E-state index in [4.69, 9.17) is 5.73 Å². The molecule has 0 saturated carbocycles. The van der Waals surface area contributed by atoms with E-state index in [0.29, 0.717) is 19.6 Å². The summed E-state index contributed by atoms with van der Waals surface area (Å²) in [5.74, 6) is 0. The Balaban J connectivity index is 2.60. The van der Waals surface area contributed by atoms with Crippen LogP contribution in [-0.4, -0.2) is 35.4 Å². The van der Waals surface area contributed by atoms with Gasteiger partial charge in [0.2, 0.25) is 0 Å². The third-order valence-electron chi connectivity index (χ3n) is 2.85. The van der Waals surface area contributed by atoms with Crippen molar-refractivity contribution in [2.45, 2.75) is 13.3 Å². The molecule has 102 valence electrons. The molecule has 1 aromatic carbocycles. The molecule has 3 N–H and O–H groups in total. The van der Waals surface area contributed by atoms with E-state index in [9.17, 15) is 8.76 Å². The van der Waals surface area contributed by atoms with E-state index in [1.165, 1.54) is 11.1 Å². The van der Waals surface area contributed by atoms with E-state index in [0.717, 1.165) is 12.1 Å². The van der Waals surface area contributed by atoms with Crippen molar-refractivity contribution >= 4 is 17.0 Å². The third-order valence-corrected chi connectivity index (χ3v) is 3.29. The van der Waals surface area contributed by atoms with Crippen LogP contribution in [0.25, 0.3) is 0 Å². The summed E-state index contributed by atoms with van der Waals surface area (Å²) in [7, 11) is 1.94. The van der Waals surface area contributed by atoms with Crippen molar-refractivity contribution in [3.63, 3.8) is 0 Å². The van der Waals surface area contributed by atoms with Crippen molar-refractivity contribution < 1.29 is 8.76 Å². The molecule has 6 heteroatoms. The van der Waals surface area contributed by atoms with E-state index in [1.54, 1.807) is 0 Å². The lowest BCUT2D eigenvalue weighted by Crippen LogP contribution is -2.30. The Kier molecular flexibility index (Phi) is 6.28. The second-order valence-electron chi connectivity index (χ2n) is 4.20. The zero-order valence-electron chi connectivity index (χ0n) is 10.8. The average molecular weight is 270 g/mol. The molecule has 0 aromatic heterocycles. The van der Waals surface area contributed by atoms with Crippen LogP contribution in [0.5, 0.6) is 0 Å². The molecule has 0 aliphatic heterocycles. The number of nitrogens with zero attached hydrogens (tertiary/aromatic N) is 1. The second-order valence-corrected chi connectivity index (χ2v) is 4.96. The summed E-state index contributed by atoms with van der Waals surface area (Å²) in [6.45, 7) is 3.74. The van der Waals surface area contributed by atoms with Crippen LogP contribution in [0.2, 0.25) is 0 Å². The fourth-order valence-electron chi connectivity index (χ4n) is 1.78. The van der Waals surface area contributed by atoms with Crippen LogP contribution in [0.4, 0.5) is 5.69 Å². The standard InChI is InChI=1S/C12H21N3O2S/c1-10-9-12(4-3-11(10)5-6-13)15(2)8-7-14-18(16)17/h3-4,9,14H,5-8,13H2,1-2H3,(H,16,17)/p-1. The Hall–Kier alpha value is -0.950. The van der Waals surface area contributed by atoms with Crippen molar-refractivity contribution in [2.75, 3.05) is 31.6 Å². The minimum Gasteiger partial charge on any atom is -0.760 e. The Morgan fingerprint density at radius 3 is 2.78 bits per heavy atom. The van der Waals surface area contributed by atoms with Crippen molar-refractivity contribution in [1.82, 2.24) is 4.72 Å². The van der Waals surface area contributed by atoms with Gasteiger partial charge in [0.05, 0.1) is 0 Å². The first kappa shape index (κ1) is 15.1. The molecule has 1 atom stereocenters. The number of nitrogens with one attached hydrogen (secondary N) is 1. The SMILES string of the molecule is Cc1cc(N(C)CCNS(=O)[O-])ccc1CCN. The molecule has 1 unspecified atom stereocenters. The minimum atomic E-state index is -2.19. The van der Waals surface area contributed by atoms with E-state index in [1.807, 2.05) is 18.0 Å². The first-order valence-corrected chi connectivity index (χ1v) is 6.95. The summed E-state index contributed by atoms with van der Waals surface area (Å²) in [6, 6.07) is 6.21. The van der Waals surface area contributed by atoms with Crippen LogP contribution in [0, 0.1) is 6.92 Å². The number of likely N-dealkylation sites (N-methyl/N-ethyl adjacent to an activating group) is 1. The van der Waals surface area contributed by atoms with Crippen LogP contribution in [0.1, 0.15) is 11.1 Å². The average Bonchev–Trinajstić information content (AvgIpc) is 2.31. The van der Waals surface area contributed by atoms with Gasteiger partial charge in [0.1, 0.15) is 0 Å². The van der Waals surface area contributed by atoms with E-state index >= 15 is 0 Å². The van der Waals surface area contributed by atoms with Crippen molar-refractivity contribution in [2.24, 2.45) is 5.73 Å². The fraction of sp³-hybridized carbons (Fsp3) is 0.500. The first-order valence-electron chi connectivity index (χ1n) is 5.88. The number of hydrogen-bond donors (Lipinski definition) is 2. The summed E-state index contributed by atoms with van der Waals surface area (Å²) in [5, 5.41) is 0. The first-order chi connectivity index (χ1) is 8.54. The van der Waals surface area contributed by atoms with Crippen LogP contribution < -0.4 is 15.4 Å². The second kappa shape index (κ2) is 7.48. The number of rotatable bonds is 7. The molecule has 0 spiro atoms. The van der Waals surface area contributed by atoms with Gasteiger partial charge in [0.25, 0.3) is 0 Å².